The highest BCUT2D eigenvalue weighted by Gasteiger charge is 2.17. The van der Waals surface area contributed by atoms with Gasteiger partial charge in [0.2, 0.25) is 0 Å². The van der Waals surface area contributed by atoms with Gasteiger partial charge >= 0.3 is 0 Å². The molecule has 7 heteroatoms. The van der Waals surface area contributed by atoms with Gasteiger partial charge in [-0.2, -0.15) is 0 Å². The number of hydrogen-bond donors (Lipinski definition) is 2. The van der Waals surface area contributed by atoms with Crippen molar-refractivity contribution in [3.63, 3.8) is 0 Å². The third-order valence-electron chi connectivity index (χ3n) is 3.94. The Bertz CT molecular complexity index is 1030. The molecule has 0 atom stereocenters. The third-order valence-corrected chi connectivity index (χ3v) is 5.46. The number of benzene rings is 2. The van der Waals surface area contributed by atoms with Gasteiger partial charge in [0, 0.05) is 5.69 Å². The fourth-order valence-corrected chi connectivity index (χ4v) is 3.76. The van der Waals surface area contributed by atoms with Crippen LogP contribution in [0.1, 0.15) is 16.7 Å². The van der Waals surface area contributed by atoms with Gasteiger partial charge in [0.1, 0.15) is 0 Å². The normalized spacial score (nSPS) is 11.2. The van der Waals surface area contributed by atoms with E-state index in [0.29, 0.717) is 11.4 Å². The number of anilines is 3. The van der Waals surface area contributed by atoms with Gasteiger partial charge in [0.05, 0.1) is 4.90 Å². The van der Waals surface area contributed by atoms with Gasteiger partial charge in [-0.3, -0.25) is 4.72 Å². The van der Waals surface area contributed by atoms with Crippen molar-refractivity contribution in [2.24, 2.45) is 0 Å². The fourth-order valence-electron chi connectivity index (χ4n) is 2.51. The second-order valence-corrected chi connectivity index (χ2v) is 7.77. The smallest absolute Gasteiger partial charge is 0.263 e. The van der Waals surface area contributed by atoms with Crippen LogP contribution in [0.5, 0.6) is 0 Å². The standard InChI is InChI=1S/C19H20N4O2S/c1-13-8-9-14(2)16(12-13)20-18-10-11-19(22-21-18)23-26(24,25)17-7-5-4-6-15(17)3/h4-12H,1-3H3,(H,20,21)(H,22,23). The first kappa shape index (κ1) is 17.9. The lowest BCUT2D eigenvalue weighted by Gasteiger charge is -2.11. The number of sulfonamides is 1. The number of nitrogens with one attached hydrogen (secondary N) is 2. The van der Waals surface area contributed by atoms with Crippen molar-refractivity contribution in [3.8, 4) is 0 Å². The van der Waals surface area contributed by atoms with Gasteiger partial charge in [-0.25, -0.2) is 8.42 Å². The van der Waals surface area contributed by atoms with Gasteiger partial charge in [0.15, 0.2) is 11.6 Å². The number of nitrogens with zero attached hydrogens (tertiary/aromatic N) is 2. The largest absolute Gasteiger partial charge is 0.339 e. The van der Waals surface area contributed by atoms with Crippen LogP contribution in [0, 0.1) is 20.8 Å². The molecule has 0 spiro atoms. The summed E-state index contributed by atoms with van der Waals surface area (Å²) in [6.07, 6.45) is 0. The predicted octanol–water partition coefficient (Wildman–Crippen LogP) is 3.95. The molecule has 0 aliphatic heterocycles. The van der Waals surface area contributed by atoms with E-state index in [0.717, 1.165) is 16.8 Å². The minimum Gasteiger partial charge on any atom is -0.339 e. The van der Waals surface area contributed by atoms with Crippen molar-refractivity contribution in [2.45, 2.75) is 25.7 Å². The van der Waals surface area contributed by atoms with Crippen molar-refractivity contribution in [1.29, 1.82) is 0 Å². The van der Waals surface area contributed by atoms with Crippen molar-refractivity contribution in [2.75, 3.05) is 10.0 Å². The molecule has 0 amide bonds. The summed E-state index contributed by atoms with van der Waals surface area (Å²) in [6, 6.07) is 16.1. The van der Waals surface area contributed by atoms with Crippen LogP contribution in [0.25, 0.3) is 0 Å². The molecule has 134 valence electrons. The van der Waals surface area contributed by atoms with Crippen LogP contribution >= 0.6 is 0 Å². The van der Waals surface area contributed by atoms with Crippen LogP contribution in [0.15, 0.2) is 59.5 Å². The monoisotopic (exact) mass is 368 g/mol. The summed E-state index contributed by atoms with van der Waals surface area (Å²) in [6.45, 7) is 5.76. The maximum atomic E-state index is 12.5. The highest BCUT2D eigenvalue weighted by atomic mass is 32.2. The fraction of sp³-hybridized carbons (Fsp3) is 0.158. The van der Waals surface area contributed by atoms with Gasteiger partial charge < -0.3 is 5.32 Å². The molecule has 1 heterocycles. The Morgan fingerprint density at radius 3 is 2.19 bits per heavy atom. The Morgan fingerprint density at radius 1 is 0.808 bits per heavy atom. The van der Waals surface area contributed by atoms with Crippen molar-refractivity contribution in [3.05, 3.63) is 71.3 Å². The van der Waals surface area contributed by atoms with Crippen molar-refractivity contribution >= 4 is 27.3 Å². The lowest BCUT2D eigenvalue weighted by molar-refractivity contribution is 0.600. The highest BCUT2D eigenvalue weighted by Crippen LogP contribution is 2.22. The van der Waals surface area contributed by atoms with E-state index in [9.17, 15) is 8.42 Å². The third kappa shape index (κ3) is 4.00. The molecule has 3 aromatic rings. The van der Waals surface area contributed by atoms with E-state index in [1.54, 1.807) is 43.3 Å². The molecule has 0 aliphatic carbocycles. The summed E-state index contributed by atoms with van der Waals surface area (Å²) in [5.74, 6) is 0.706. The Balaban J connectivity index is 1.78. The maximum Gasteiger partial charge on any atom is 0.263 e. The van der Waals surface area contributed by atoms with Gasteiger partial charge in [-0.1, -0.05) is 30.3 Å². The van der Waals surface area contributed by atoms with E-state index < -0.39 is 10.0 Å². The minimum absolute atomic E-state index is 0.166. The molecule has 2 N–H and O–H groups in total. The molecule has 0 aliphatic rings. The second kappa shape index (κ2) is 7.13. The molecule has 3 rings (SSSR count). The molecule has 0 bridgehead atoms. The summed E-state index contributed by atoms with van der Waals surface area (Å²) in [5, 5.41) is 11.2. The molecule has 0 radical (unpaired) electrons. The van der Waals surface area contributed by atoms with Gasteiger partial charge in [-0.15, -0.1) is 10.2 Å². The van der Waals surface area contributed by atoms with Crippen LogP contribution in [-0.4, -0.2) is 18.6 Å². The van der Waals surface area contributed by atoms with E-state index >= 15 is 0 Å². The van der Waals surface area contributed by atoms with E-state index in [4.69, 9.17) is 0 Å². The summed E-state index contributed by atoms with van der Waals surface area (Å²) < 4.78 is 27.4. The van der Waals surface area contributed by atoms with Crippen LogP contribution in [0.3, 0.4) is 0 Å². The second-order valence-electron chi connectivity index (χ2n) is 6.12. The summed E-state index contributed by atoms with van der Waals surface area (Å²) in [4.78, 5) is 0.222. The zero-order chi connectivity index (χ0) is 18.7. The molecule has 0 saturated heterocycles. The number of rotatable bonds is 5. The van der Waals surface area contributed by atoms with Crippen LogP contribution in [-0.2, 0) is 10.0 Å². The number of hydrogen-bond acceptors (Lipinski definition) is 5. The Kier molecular flexibility index (Phi) is 4.90. The molecule has 6 nitrogen and oxygen atoms in total. The van der Waals surface area contributed by atoms with E-state index in [2.05, 4.69) is 20.2 Å². The molecular formula is C19H20N4O2S. The Hall–Kier alpha value is -2.93. The number of aromatic nitrogens is 2. The predicted molar refractivity (Wildman–Crippen MR) is 103 cm³/mol. The average molecular weight is 368 g/mol. The van der Waals surface area contributed by atoms with Crippen molar-refractivity contribution < 1.29 is 8.42 Å². The van der Waals surface area contributed by atoms with Crippen LogP contribution in [0.4, 0.5) is 17.3 Å². The van der Waals surface area contributed by atoms with Crippen LogP contribution in [0.2, 0.25) is 0 Å². The summed E-state index contributed by atoms with van der Waals surface area (Å²) in [7, 11) is -3.70. The Morgan fingerprint density at radius 2 is 1.50 bits per heavy atom. The quantitative estimate of drug-likeness (QED) is 0.712. The first-order chi connectivity index (χ1) is 12.3. The lowest BCUT2D eigenvalue weighted by atomic mass is 10.1. The molecule has 0 fully saturated rings. The van der Waals surface area contributed by atoms with E-state index in [-0.39, 0.29) is 10.7 Å². The van der Waals surface area contributed by atoms with Gasteiger partial charge in [-0.05, 0) is 61.7 Å². The van der Waals surface area contributed by atoms with E-state index in [1.165, 1.54) is 0 Å². The molecule has 0 unspecified atom stereocenters. The minimum atomic E-state index is -3.70. The molecular weight excluding hydrogens is 348 g/mol. The first-order valence-corrected chi connectivity index (χ1v) is 9.60. The molecule has 26 heavy (non-hydrogen) atoms. The molecule has 0 saturated carbocycles. The highest BCUT2D eigenvalue weighted by molar-refractivity contribution is 7.92. The maximum absolute atomic E-state index is 12.5. The molecule has 1 aromatic heterocycles. The van der Waals surface area contributed by atoms with E-state index in [1.807, 2.05) is 32.0 Å². The molecule has 2 aromatic carbocycles. The van der Waals surface area contributed by atoms with Crippen LogP contribution < -0.4 is 10.0 Å². The zero-order valence-electron chi connectivity index (χ0n) is 14.8. The van der Waals surface area contributed by atoms with Crippen molar-refractivity contribution in [1.82, 2.24) is 10.2 Å². The first-order valence-electron chi connectivity index (χ1n) is 8.11. The Labute approximate surface area is 153 Å². The average Bonchev–Trinajstić information content (AvgIpc) is 2.60. The number of aryl methyl sites for hydroxylation is 3. The lowest BCUT2D eigenvalue weighted by Crippen LogP contribution is -2.15. The summed E-state index contributed by atoms with van der Waals surface area (Å²) in [5.41, 5.74) is 3.82. The SMILES string of the molecule is Cc1ccc(C)c(Nc2ccc(NS(=O)(=O)c3ccccc3C)nn2)c1. The zero-order valence-corrected chi connectivity index (χ0v) is 15.6. The topological polar surface area (TPSA) is 84.0 Å². The van der Waals surface area contributed by atoms with Gasteiger partial charge in [0.25, 0.3) is 10.0 Å². The summed E-state index contributed by atoms with van der Waals surface area (Å²) >= 11 is 0.